The smallest absolute Gasteiger partial charge is 0.227 e. The minimum atomic E-state index is -0.777. The molecule has 2 aromatic rings. The predicted octanol–water partition coefficient (Wildman–Crippen LogP) is 1.83. The third-order valence-electron chi connectivity index (χ3n) is 5.91. The third kappa shape index (κ3) is 5.97. The molecule has 1 aliphatic heterocycles. The molecule has 8 nitrogen and oxygen atoms in total. The zero-order valence-corrected chi connectivity index (χ0v) is 18.6. The highest BCUT2D eigenvalue weighted by Crippen LogP contribution is 2.42. The molecule has 0 aliphatic carbocycles. The Labute approximate surface area is 187 Å². The summed E-state index contributed by atoms with van der Waals surface area (Å²) in [6.07, 6.45) is 1.23. The number of carbonyl (C=O) groups excluding carboxylic acids is 2. The fourth-order valence-electron chi connectivity index (χ4n) is 4.24. The Morgan fingerprint density at radius 1 is 1.12 bits per heavy atom. The average molecular weight is 442 g/mol. The van der Waals surface area contributed by atoms with Gasteiger partial charge in [0.05, 0.1) is 0 Å². The zero-order chi connectivity index (χ0) is 23.1. The highest BCUT2D eigenvalue weighted by molar-refractivity contribution is 5.78. The van der Waals surface area contributed by atoms with Crippen LogP contribution in [0.5, 0.6) is 5.75 Å². The van der Waals surface area contributed by atoms with E-state index in [-0.39, 0.29) is 24.0 Å². The third-order valence-corrected chi connectivity index (χ3v) is 5.91. The van der Waals surface area contributed by atoms with Crippen LogP contribution in [-0.4, -0.2) is 48.0 Å². The molecule has 32 heavy (non-hydrogen) atoms. The molecule has 2 heterocycles. The number of hydrogen-bond acceptors (Lipinski definition) is 6. The van der Waals surface area contributed by atoms with Crippen LogP contribution in [0.1, 0.15) is 43.3 Å². The Hall–Kier alpha value is -3.13. The van der Waals surface area contributed by atoms with E-state index in [1.807, 2.05) is 18.2 Å². The number of amides is 2. The number of piperidine rings is 1. The van der Waals surface area contributed by atoms with Gasteiger partial charge in [-0.25, -0.2) is 0 Å². The summed E-state index contributed by atoms with van der Waals surface area (Å²) in [5, 5.41) is 16.0. The van der Waals surface area contributed by atoms with Gasteiger partial charge in [-0.3, -0.25) is 19.3 Å². The topological polar surface area (TPSA) is 112 Å². The first-order valence-corrected chi connectivity index (χ1v) is 10.9. The fraction of sp³-hybridized carbons (Fsp3) is 0.458. The molecule has 1 aliphatic rings. The molecule has 3 rings (SSSR count). The van der Waals surface area contributed by atoms with Crippen LogP contribution in [0.4, 0.5) is 0 Å². The van der Waals surface area contributed by atoms with Gasteiger partial charge in [-0.05, 0) is 38.4 Å². The van der Waals surface area contributed by atoms with Crippen molar-refractivity contribution >= 4 is 11.8 Å². The quantitative estimate of drug-likeness (QED) is 0.539. The minimum absolute atomic E-state index is 0.0895. The SMILES string of the molecule is CC(=O)NCCNC(=O)CC1(c2oc(C)cc(=O)c2O)CCN(Cc2ccccc2)CC1. The second-order valence-electron chi connectivity index (χ2n) is 8.45. The van der Waals surface area contributed by atoms with Crippen molar-refractivity contribution in [1.82, 2.24) is 15.5 Å². The normalized spacial score (nSPS) is 15.8. The lowest BCUT2D eigenvalue weighted by Gasteiger charge is -2.41. The van der Waals surface area contributed by atoms with Crippen molar-refractivity contribution in [1.29, 1.82) is 0 Å². The molecular formula is C24H31N3O5. The minimum Gasteiger partial charge on any atom is -0.502 e. The van der Waals surface area contributed by atoms with Crippen molar-refractivity contribution in [2.75, 3.05) is 26.2 Å². The van der Waals surface area contributed by atoms with E-state index >= 15 is 0 Å². The molecule has 1 fully saturated rings. The largest absolute Gasteiger partial charge is 0.502 e. The van der Waals surface area contributed by atoms with Crippen LogP contribution in [0.2, 0.25) is 0 Å². The van der Waals surface area contributed by atoms with Crippen LogP contribution in [0, 0.1) is 6.92 Å². The van der Waals surface area contributed by atoms with Gasteiger partial charge in [-0.1, -0.05) is 30.3 Å². The maximum absolute atomic E-state index is 12.7. The molecule has 1 aromatic carbocycles. The first-order valence-electron chi connectivity index (χ1n) is 10.9. The summed E-state index contributed by atoms with van der Waals surface area (Å²) in [7, 11) is 0. The molecule has 2 amide bonds. The summed E-state index contributed by atoms with van der Waals surface area (Å²) >= 11 is 0. The summed E-state index contributed by atoms with van der Waals surface area (Å²) in [6.45, 7) is 5.92. The van der Waals surface area contributed by atoms with E-state index in [9.17, 15) is 19.5 Å². The summed E-state index contributed by atoms with van der Waals surface area (Å²) in [5.74, 6) is -0.194. The first-order chi connectivity index (χ1) is 15.3. The lowest BCUT2D eigenvalue weighted by molar-refractivity contribution is -0.123. The van der Waals surface area contributed by atoms with Gasteiger partial charge < -0.3 is 20.2 Å². The summed E-state index contributed by atoms with van der Waals surface area (Å²) in [6, 6.07) is 11.4. The Morgan fingerprint density at radius 2 is 1.78 bits per heavy atom. The number of hydrogen-bond donors (Lipinski definition) is 3. The van der Waals surface area contributed by atoms with Crippen molar-refractivity contribution in [2.45, 2.75) is 45.1 Å². The van der Waals surface area contributed by atoms with E-state index in [1.165, 1.54) is 18.6 Å². The molecule has 0 radical (unpaired) electrons. The predicted molar refractivity (Wildman–Crippen MR) is 120 cm³/mol. The van der Waals surface area contributed by atoms with Gasteiger partial charge >= 0.3 is 0 Å². The van der Waals surface area contributed by atoms with Crippen LogP contribution in [0.15, 0.2) is 45.6 Å². The molecule has 0 saturated carbocycles. The fourth-order valence-corrected chi connectivity index (χ4v) is 4.24. The van der Waals surface area contributed by atoms with Crippen molar-refractivity contribution in [2.24, 2.45) is 0 Å². The maximum atomic E-state index is 12.7. The molecule has 8 heteroatoms. The molecular weight excluding hydrogens is 410 g/mol. The molecule has 3 N–H and O–H groups in total. The average Bonchev–Trinajstić information content (AvgIpc) is 2.76. The van der Waals surface area contributed by atoms with Gasteiger partial charge in [-0.2, -0.15) is 0 Å². The molecule has 0 unspecified atom stereocenters. The standard InChI is InChI=1S/C24H31N3O5/c1-17-14-20(29)22(31)23(32-17)24(15-21(30)26-11-10-25-18(2)28)8-12-27(13-9-24)16-19-6-4-3-5-7-19/h3-7,14,31H,8-13,15-16H2,1-2H3,(H,25,28)(H,26,30). The molecule has 0 atom stereocenters. The van der Waals surface area contributed by atoms with Gasteiger partial charge in [-0.15, -0.1) is 0 Å². The Kier molecular flexibility index (Phi) is 7.69. The van der Waals surface area contributed by atoms with Gasteiger partial charge in [0.15, 0.2) is 5.76 Å². The van der Waals surface area contributed by atoms with Crippen LogP contribution < -0.4 is 16.1 Å². The van der Waals surface area contributed by atoms with Gasteiger partial charge in [0.1, 0.15) is 5.76 Å². The van der Waals surface area contributed by atoms with Crippen molar-refractivity contribution in [3.05, 3.63) is 63.7 Å². The number of rotatable bonds is 8. The van der Waals surface area contributed by atoms with Crippen molar-refractivity contribution < 1.29 is 19.1 Å². The van der Waals surface area contributed by atoms with E-state index in [2.05, 4.69) is 27.7 Å². The summed E-state index contributed by atoms with van der Waals surface area (Å²) in [4.78, 5) is 38.3. The Morgan fingerprint density at radius 3 is 2.44 bits per heavy atom. The van der Waals surface area contributed by atoms with Gasteiger partial charge in [0, 0.05) is 44.5 Å². The Balaban J connectivity index is 1.76. The van der Waals surface area contributed by atoms with Crippen LogP contribution in [0.25, 0.3) is 0 Å². The molecule has 0 bridgehead atoms. The van der Waals surface area contributed by atoms with E-state index in [0.717, 1.165) is 6.54 Å². The highest BCUT2D eigenvalue weighted by atomic mass is 16.4. The molecule has 1 saturated heterocycles. The summed E-state index contributed by atoms with van der Waals surface area (Å²) in [5.41, 5.74) is -0.0675. The number of likely N-dealkylation sites (tertiary alicyclic amines) is 1. The van der Waals surface area contributed by atoms with Gasteiger partial charge in [0.25, 0.3) is 0 Å². The Bertz CT molecular complexity index is 994. The van der Waals surface area contributed by atoms with Crippen molar-refractivity contribution in [3.8, 4) is 5.75 Å². The summed E-state index contributed by atoms with van der Waals surface area (Å²) < 4.78 is 5.84. The van der Waals surface area contributed by atoms with E-state index in [4.69, 9.17) is 4.42 Å². The van der Waals surface area contributed by atoms with Crippen LogP contribution in [0.3, 0.4) is 0 Å². The number of benzene rings is 1. The van der Waals surface area contributed by atoms with Crippen LogP contribution >= 0.6 is 0 Å². The second kappa shape index (κ2) is 10.5. The molecule has 172 valence electrons. The number of aromatic hydroxyl groups is 1. The van der Waals surface area contributed by atoms with E-state index in [1.54, 1.807) is 6.92 Å². The number of nitrogens with one attached hydrogen (secondary N) is 2. The van der Waals surface area contributed by atoms with Crippen molar-refractivity contribution in [3.63, 3.8) is 0 Å². The number of nitrogens with zero attached hydrogens (tertiary/aromatic N) is 1. The molecule has 0 spiro atoms. The highest BCUT2D eigenvalue weighted by Gasteiger charge is 2.43. The number of aryl methyl sites for hydroxylation is 1. The second-order valence-corrected chi connectivity index (χ2v) is 8.45. The van der Waals surface area contributed by atoms with Crippen LogP contribution in [-0.2, 0) is 21.5 Å². The van der Waals surface area contributed by atoms with E-state index < -0.39 is 16.6 Å². The zero-order valence-electron chi connectivity index (χ0n) is 18.6. The number of carbonyl (C=O) groups is 2. The lowest BCUT2D eigenvalue weighted by atomic mass is 9.72. The molecule has 1 aromatic heterocycles. The maximum Gasteiger partial charge on any atom is 0.227 e. The van der Waals surface area contributed by atoms with E-state index in [0.29, 0.717) is 44.8 Å². The first kappa shape index (κ1) is 23.5. The van der Waals surface area contributed by atoms with Gasteiger partial charge in [0.2, 0.25) is 23.0 Å². The lowest BCUT2D eigenvalue weighted by Crippen LogP contribution is -2.46. The monoisotopic (exact) mass is 441 g/mol.